The van der Waals surface area contributed by atoms with Gasteiger partial charge >= 0.3 is 0 Å². The van der Waals surface area contributed by atoms with Crippen molar-refractivity contribution in [1.82, 2.24) is 9.78 Å². The Hall–Kier alpha value is -2.01. The third kappa shape index (κ3) is 1.85. The van der Waals surface area contributed by atoms with E-state index in [1.807, 2.05) is 0 Å². The van der Waals surface area contributed by atoms with Crippen LogP contribution >= 0.6 is 11.6 Å². The number of hydrogen-bond acceptors (Lipinski definition) is 3. The van der Waals surface area contributed by atoms with Gasteiger partial charge in [-0.15, -0.1) is 0 Å². The van der Waals surface area contributed by atoms with Gasteiger partial charge in [-0.3, -0.25) is 4.79 Å². The third-order valence-corrected chi connectivity index (χ3v) is 2.32. The van der Waals surface area contributed by atoms with Crippen molar-refractivity contribution >= 4 is 23.2 Å². The van der Waals surface area contributed by atoms with E-state index in [4.69, 9.17) is 23.1 Å². The van der Waals surface area contributed by atoms with Crippen molar-refractivity contribution in [3.05, 3.63) is 41.2 Å². The Balaban J connectivity index is 2.50. The molecule has 0 aliphatic heterocycles. The summed E-state index contributed by atoms with van der Waals surface area (Å²) < 4.78 is 1.46. The van der Waals surface area contributed by atoms with Gasteiger partial charge in [-0.1, -0.05) is 11.6 Å². The van der Waals surface area contributed by atoms with E-state index in [-0.39, 0.29) is 5.69 Å². The fourth-order valence-electron chi connectivity index (χ4n) is 1.30. The van der Waals surface area contributed by atoms with Crippen LogP contribution in [0.3, 0.4) is 0 Å². The molecule has 0 saturated carbocycles. The molecule has 1 aromatic heterocycles. The lowest BCUT2D eigenvalue weighted by molar-refractivity contribution is 0.0995. The monoisotopic (exact) mass is 236 g/mol. The van der Waals surface area contributed by atoms with E-state index in [9.17, 15) is 4.79 Å². The van der Waals surface area contributed by atoms with Gasteiger partial charge in [0, 0.05) is 11.2 Å². The van der Waals surface area contributed by atoms with Crippen LogP contribution in [0, 0.1) is 0 Å². The number of aromatic nitrogens is 2. The number of benzene rings is 1. The zero-order valence-electron chi connectivity index (χ0n) is 8.22. The highest BCUT2D eigenvalue weighted by Gasteiger charge is 2.08. The molecule has 0 bridgehead atoms. The van der Waals surface area contributed by atoms with Gasteiger partial charge in [0.15, 0.2) is 0 Å². The Morgan fingerprint density at radius 3 is 2.75 bits per heavy atom. The molecular formula is C10H9ClN4O. The first-order chi connectivity index (χ1) is 7.58. The van der Waals surface area contributed by atoms with Crippen molar-refractivity contribution in [2.24, 2.45) is 5.73 Å². The molecule has 82 valence electrons. The second-order valence-corrected chi connectivity index (χ2v) is 3.65. The lowest BCUT2D eigenvalue weighted by Crippen LogP contribution is -2.12. The van der Waals surface area contributed by atoms with Crippen LogP contribution in [0.1, 0.15) is 10.5 Å². The van der Waals surface area contributed by atoms with E-state index in [0.29, 0.717) is 16.4 Å². The Morgan fingerprint density at radius 1 is 1.38 bits per heavy atom. The number of nitrogens with two attached hydrogens (primary N) is 2. The minimum Gasteiger partial charge on any atom is -0.397 e. The van der Waals surface area contributed by atoms with Gasteiger partial charge in [0.1, 0.15) is 5.69 Å². The van der Waals surface area contributed by atoms with Crippen molar-refractivity contribution in [3.63, 3.8) is 0 Å². The van der Waals surface area contributed by atoms with Crippen LogP contribution in [0.25, 0.3) is 5.69 Å². The van der Waals surface area contributed by atoms with Crippen molar-refractivity contribution in [2.45, 2.75) is 0 Å². The predicted octanol–water partition coefficient (Wildman–Crippen LogP) is 1.21. The number of anilines is 1. The molecule has 0 spiro atoms. The van der Waals surface area contributed by atoms with E-state index in [2.05, 4.69) is 5.10 Å². The molecule has 0 saturated heterocycles. The molecule has 4 N–H and O–H groups in total. The second-order valence-electron chi connectivity index (χ2n) is 3.21. The number of carbonyl (C=O) groups excluding carboxylic acids is 1. The smallest absolute Gasteiger partial charge is 0.269 e. The van der Waals surface area contributed by atoms with Crippen molar-refractivity contribution in [1.29, 1.82) is 0 Å². The summed E-state index contributed by atoms with van der Waals surface area (Å²) in [5.41, 5.74) is 12.2. The van der Waals surface area contributed by atoms with Crippen LogP contribution < -0.4 is 11.5 Å². The lowest BCUT2D eigenvalue weighted by Gasteiger charge is -2.05. The maximum absolute atomic E-state index is 10.9. The van der Waals surface area contributed by atoms with Crippen molar-refractivity contribution in [3.8, 4) is 5.69 Å². The third-order valence-electron chi connectivity index (χ3n) is 2.08. The highest BCUT2D eigenvalue weighted by Crippen LogP contribution is 2.21. The van der Waals surface area contributed by atoms with Crippen LogP contribution in [0.5, 0.6) is 0 Å². The molecular weight excluding hydrogens is 228 g/mol. The van der Waals surface area contributed by atoms with Crippen molar-refractivity contribution in [2.75, 3.05) is 5.73 Å². The highest BCUT2D eigenvalue weighted by atomic mass is 35.5. The molecule has 1 amide bonds. The zero-order valence-corrected chi connectivity index (χ0v) is 8.98. The zero-order chi connectivity index (χ0) is 11.7. The molecule has 0 aliphatic rings. The van der Waals surface area contributed by atoms with Gasteiger partial charge in [0.05, 0.1) is 11.4 Å². The first-order valence-corrected chi connectivity index (χ1v) is 4.86. The van der Waals surface area contributed by atoms with Gasteiger partial charge in [-0.25, -0.2) is 4.68 Å². The normalized spacial score (nSPS) is 10.3. The summed E-state index contributed by atoms with van der Waals surface area (Å²) in [6.07, 6.45) is 1.60. The predicted molar refractivity (Wildman–Crippen MR) is 61.5 cm³/mol. The Kier molecular flexibility index (Phi) is 2.54. The number of halogens is 1. The largest absolute Gasteiger partial charge is 0.397 e. The number of hydrogen-bond donors (Lipinski definition) is 2. The average Bonchev–Trinajstić information content (AvgIpc) is 2.70. The molecule has 0 radical (unpaired) electrons. The minimum absolute atomic E-state index is 0.180. The summed E-state index contributed by atoms with van der Waals surface area (Å²) in [4.78, 5) is 10.9. The summed E-state index contributed by atoms with van der Waals surface area (Å²) in [6, 6.07) is 6.53. The van der Waals surface area contributed by atoms with Crippen LogP contribution in [-0.4, -0.2) is 15.7 Å². The molecule has 16 heavy (non-hydrogen) atoms. The summed E-state index contributed by atoms with van der Waals surface area (Å²) in [7, 11) is 0. The molecule has 1 heterocycles. The van der Waals surface area contributed by atoms with E-state index in [1.165, 1.54) is 10.7 Å². The molecule has 0 aliphatic carbocycles. The van der Waals surface area contributed by atoms with Gasteiger partial charge in [-0.2, -0.15) is 5.10 Å². The average molecular weight is 237 g/mol. The standard InChI is InChI=1S/C10H9ClN4O/c11-6-1-2-7(12)9(5-6)15-4-3-8(14-15)10(13)16/h1-5H,12H2,(H2,13,16). The van der Waals surface area contributed by atoms with Crippen LogP contribution in [0.2, 0.25) is 5.02 Å². The van der Waals surface area contributed by atoms with Gasteiger partial charge in [0.2, 0.25) is 0 Å². The molecule has 6 heteroatoms. The maximum Gasteiger partial charge on any atom is 0.269 e. The first-order valence-electron chi connectivity index (χ1n) is 4.49. The fourth-order valence-corrected chi connectivity index (χ4v) is 1.47. The highest BCUT2D eigenvalue weighted by molar-refractivity contribution is 6.30. The number of amides is 1. The lowest BCUT2D eigenvalue weighted by atomic mass is 10.3. The second kappa shape index (κ2) is 3.86. The number of carbonyl (C=O) groups is 1. The van der Waals surface area contributed by atoms with Crippen molar-refractivity contribution < 1.29 is 4.79 Å². The van der Waals surface area contributed by atoms with Crippen LogP contribution in [0.4, 0.5) is 5.69 Å². The molecule has 0 unspecified atom stereocenters. The van der Waals surface area contributed by atoms with Gasteiger partial charge < -0.3 is 11.5 Å². The quantitative estimate of drug-likeness (QED) is 0.769. The molecule has 1 aromatic carbocycles. The number of primary amides is 1. The molecule has 2 rings (SSSR count). The topological polar surface area (TPSA) is 86.9 Å². The molecule has 2 aromatic rings. The Bertz CT molecular complexity index is 550. The summed E-state index contributed by atoms with van der Waals surface area (Å²) >= 11 is 5.85. The number of nitrogens with zero attached hydrogens (tertiary/aromatic N) is 2. The van der Waals surface area contributed by atoms with E-state index < -0.39 is 5.91 Å². The summed E-state index contributed by atoms with van der Waals surface area (Å²) in [6.45, 7) is 0. The fraction of sp³-hybridized carbons (Fsp3) is 0. The van der Waals surface area contributed by atoms with Crippen LogP contribution in [0.15, 0.2) is 30.5 Å². The minimum atomic E-state index is -0.584. The Morgan fingerprint density at radius 2 is 2.12 bits per heavy atom. The van der Waals surface area contributed by atoms with Gasteiger partial charge in [0.25, 0.3) is 5.91 Å². The summed E-state index contributed by atoms with van der Waals surface area (Å²) in [5.74, 6) is -0.584. The van der Waals surface area contributed by atoms with E-state index in [0.717, 1.165) is 0 Å². The first kappa shape index (κ1) is 10.5. The number of rotatable bonds is 2. The summed E-state index contributed by atoms with van der Waals surface area (Å²) in [5, 5.41) is 4.53. The molecule has 0 atom stereocenters. The SMILES string of the molecule is NC(=O)c1ccn(-c2cc(Cl)ccc2N)n1. The maximum atomic E-state index is 10.9. The molecule has 0 fully saturated rings. The van der Waals surface area contributed by atoms with Crippen LogP contribution in [-0.2, 0) is 0 Å². The van der Waals surface area contributed by atoms with E-state index in [1.54, 1.807) is 24.4 Å². The molecule has 5 nitrogen and oxygen atoms in total. The Labute approximate surface area is 96.6 Å². The number of nitrogen functional groups attached to an aromatic ring is 1. The van der Waals surface area contributed by atoms with E-state index >= 15 is 0 Å². The van der Waals surface area contributed by atoms with Gasteiger partial charge in [-0.05, 0) is 24.3 Å².